The molecule has 2 fully saturated rings. The lowest BCUT2D eigenvalue weighted by molar-refractivity contribution is 0.0291. The fraction of sp³-hybridized carbons (Fsp3) is 0.667. The van der Waals surface area contributed by atoms with Crippen LogP contribution in [0.4, 0.5) is 0 Å². The van der Waals surface area contributed by atoms with E-state index in [-0.39, 0.29) is 5.92 Å². The Morgan fingerprint density at radius 3 is 2.74 bits per heavy atom. The SMILES string of the molecule is CCOC[C@@H]1CCS(=O)(=O)C12CN(Cc1cc(C)ccc1C)C2. The first-order valence-corrected chi connectivity index (χ1v) is 10.1. The van der Waals surface area contributed by atoms with Crippen LogP contribution in [-0.2, 0) is 21.1 Å². The van der Waals surface area contributed by atoms with E-state index in [4.69, 9.17) is 4.74 Å². The Bertz CT molecular complexity index is 678. The third kappa shape index (κ3) is 2.94. The molecule has 0 aliphatic carbocycles. The molecule has 0 saturated carbocycles. The molecule has 0 bridgehead atoms. The number of hydrogen-bond acceptors (Lipinski definition) is 4. The Morgan fingerprint density at radius 1 is 1.30 bits per heavy atom. The molecular weight excluding hydrogens is 310 g/mol. The van der Waals surface area contributed by atoms with Crippen LogP contribution in [0.2, 0.25) is 0 Å². The Labute approximate surface area is 139 Å². The van der Waals surface area contributed by atoms with Gasteiger partial charge in [0.2, 0.25) is 0 Å². The first-order chi connectivity index (χ1) is 10.9. The number of nitrogens with zero attached hydrogens (tertiary/aromatic N) is 1. The molecule has 2 saturated heterocycles. The summed E-state index contributed by atoms with van der Waals surface area (Å²) >= 11 is 0. The fourth-order valence-corrected chi connectivity index (χ4v) is 6.46. The minimum absolute atomic E-state index is 0.155. The molecule has 4 nitrogen and oxygen atoms in total. The van der Waals surface area contributed by atoms with Crippen molar-refractivity contribution in [3.63, 3.8) is 0 Å². The number of hydrogen-bond donors (Lipinski definition) is 0. The van der Waals surface area contributed by atoms with Crippen LogP contribution >= 0.6 is 0 Å². The molecule has 2 aliphatic heterocycles. The van der Waals surface area contributed by atoms with E-state index in [1.54, 1.807) is 0 Å². The van der Waals surface area contributed by atoms with Crippen LogP contribution in [0.5, 0.6) is 0 Å². The third-order valence-electron chi connectivity index (χ3n) is 5.50. The van der Waals surface area contributed by atoms with Crippen molar-refractivity contribution >= 4 is 9.84 Å². The molecule has 0 radical (unpaired) electrons. The molecular formula is C18H27NO3S. The van der Waals surface area contributed by atoms with E-state index in [0.29, 0.717) is 32.1 Å². The summed E-state index contributed by atoms with van der Waals surface area (Å²) in [5.41, 5.74) is 3.83. The second-order valence-electron chi connectivity index (χ2n) is 7.10. The molecule has 5 heteroatoms. The van der Waals surface area contributed by atoms with E-state index >= 15 is 0 Å². The van der Waals surface area contributed by atoms with Crippen LogP contribution in [0, 0.1) is 19.8 Å². The molecule has 1 aromatic rings. The highest BCUT2D eigenvalue weighted by molar-refractivity contribution is 7.93. The van der Waals surface area contributed by atoms with Gasteiger partial charge in [-0.2, -0.15) is 0 Å². The van der Waals surface area contributed by atoms with Gasteiger partial charge in [-0.25, -0.2) is 8.42 Å². The summed E-state index contributed by atoms with van der Waals surface area (Å²) in [4.78, 5) is 2.27. The van der Waals surface area contributed by atoms with Crippen molar-refractivity contribution in [1.82, 2.24) is 4.90 Å². The smallest absolute Gasteiger partial charge is 0.158 e. The number of likely N-dealkylation sites (tertiary alicyclic amines) is 1. The van der Waals surface area contributed by atoms with Crippen LogP contribution in [-0.4, -0.2) is 50.1 Å². The Balaban J connectivity index is 1.71. The molecule has 0 amide bonds. The predicted molar refractivity (Wildman–Crippen MR) is 92.3 cm³/mol. The van der Waals surface area contributed by atoms with Crippen molar-refractivity contribution in [1.29, 1.82) is 0 Å². The zero-order chi connectivity index (χ0) is 16.7. The summed E-state index contributed by atoms with van der Waals surface area (Å²) in [6.07, 6.45) is 0.750. The van der Waals surface area contributed by atoms with Gasteiger partial charge in [-0.1, -0.05) is 23.8 Å². The maximum Gasteiger partial charge on any atom is 0.158 e. The summed E-state index contributed by atoms with van der Waals surface area (Å²) in [6, 6.07) is 6.47. The zero-order valence-electron chi connectivity index (χ0n) is 14.3. The lowest BCUT2D eigenvalue weighted by Gasteiger charge is -2.50. The maximum atomic E-state index is 12.6. The van der Waals surface area contributed by atoms with E-state index in [0.717, 1.165) is 13.0 Å². The van der Waals surface area contributed by atoms with Crippen molar-refractivity contribution in [3.8, 4) is 0 Å². The van der Waals surface area contributed by atoms with E-state index in [2.05, 4.69) is 36.9 Å². The second-order valence-corrected chi connectivity index (χ2v) is 9.55. The van der Waals surface area contributed by atoms with Gasteiger partial charge in [0, 0.05) is 32.2 Å². The number of aryl methyl sites for hydroxylation is 2. The average molecular weight is 337 g/mol. The maximum absolute atomic E-state index is 12.6. The summed E-state index contributed by atoms with van der Waals surface area (Å²) < 4.78 is 30.1. The monoisotopic (exact) mass is 337 g/mol. The van der Waals surface area contributed by atoms with E-state index in [1.807, 2.05) is 6.92 Å². The van der Waals surface area contributed by atoms with Crippen LogP contribution in [0.15, 0.2) is 18.2 Å². The zero-order valence-corrected chi connectivity index (χ0v) is 15.2. The van der Waals surface area contributed by atoms with Crippen LogP contribution in [0.1, 0.15) is 30.0 Å². The van der Waals surface area contributed by atoms with Gasteiger partial charge in [0.25, 0.3) is 0 Å². The normalized spacial score (nSPS) is 25.6. The summed E-state index contributed by atoms with van der Waals surface area (Å²) in [5.74, 6) is 0.476. The quantitative estimate of drug-likeness (QED) is 0.827. The first-order valence-electron chi connectivity index (χ1n) is 8.46. The molecule has 0 aromatic heterocycles. The average Bonchev–Trinajstić information content (AvgIpc) is 2.72. The standard InChI is InChI=1S/C18H27NO3S/c1-4-22-11-17-7-8-23(20,21)18(17)12-19(13-18)10-16-9-14(2)5-6-15(16)3/h5-6,9,17H,4,7-8,10-13H2,1-3H3/t17-/m0/s1. The van der Waals surface area contributed by atoms with Gasteiger partial charge in [0.05, 0.1) is 12.4 Å². The summed E-state index contributed by atoms with van der Waals surface area (Å²) in [6.45, 7) is 9.55. The number of rotatable bonds is 5. The second kappa shape index (κ2) is 6.19. The van der Waals surface area contributed by atoms with Crippen molar-refractivity contribution < 1.29 is 13.2 Å². The highest BCUT2D eigenvalue weighted by Crippen LogP contribution is 2.45. The lowest BCUT2D eigenvalue weighted by atomic mass is 9.83. The highest BCUT2D eigenvalue weighted by Gasteiger charge is 2.61. The summed E-state index contributed by atoms with van der Waals surface area (Å²) in [5, 5.41) is 0. The third-order valence-corrected chi connectivity index (χ3v) is 8.11. The van der Waals surface area contributed by atoms with Crippen LogP contribution in [0.3, 0.4) is 0 Å². The lowest BCUT2D eigenvalue weighted by Crippen LogP contribution is -2.67. The fourth-order valence-electron chi connectivity index (χ4n) is 4.00. The summed E-state index contributed by atoms with van der Waals surface area (Å²) in [7, 11) is -2.99. The Morgan fingerprint density at radius 2 is 2.04 bits per heavy atom. The molecule has 2 aliphatic rings. The molecule has 1 spiro atoms. The van der Waals surface area contributed by atoms with Crippen molar-refractivity contribution in [3.05, 3.63) is 34.9 Å². The molecule has 0 unspecified atom stereocenters. The highest BCUT2D eigenvalue weighted by atomic mass is 32.2. The molecule has 1 atom stereocenters. The predicted octanol–water partition coefficient (Wildman–Crippen LogP) is 2.33. The van der Waals surface area contributed by atoms with Gasteiger partial charge in [-0.3, -0.25) is 4.90 Å². The van der Waals surface area contributed by atoms with Gasteiger partial charge < -0.3 is 4.74 Å². The topological polar surface area (TPSA) is 46.6 Å². The molecule has 0 N–H and O–H groups in total. The molecule has 23 heavy (non-hydrogen) atoms. The van der Waals surface area contributed by atoms with Gasteiger partial charge >= 0.3 is 0 Å². The Kier molecular flexibility index (Phi) is 4.55. The molecule has 3 rings (SSSR count). The van der Waals surface area contributed by atoms with E-state index < -0.39 is 14.6 Å². The van der Waals surface area contributed by atoms with Crippen LogP contribution in [0.25, 0.3) is 0 Å². The number of benzene rings is 1. The minimum Gasteiger partial charge on any atom is -0.381 e. The van der Waals surface area contributed by atoms with Gasteiger partial charge in [-0.05, 0) is 38.3 Å². The number of ether oxygens (including phenoxy) is 1. The van der Waals surface area contributed by atoms with Crippen LogP contribution < -0.4 is 0 Å². The number of sulfone groups is 1. The van der Waals surface area contributed by atoms with Crippen molar-refractivity contribution in [2.24, 2.45) is 5.92 Å². The Hall–Kier alpha value is -0.910. The minimum atomic E-state index is -2.99. The van der Waals surface area contributed by atoms with Gasteiger partial charge in [0.1, 0.15) is 4.75 Å². The van der Waals surface area contributed by atoms with E-state index in [1.165, 1.54) is 16.7 Å². The largest absolute Gasteiger partial charge is 0.381 e. The molecule has 128 valence electrons. The molecule has 1 aromatic carbocycles. The molecule has 2 heterocycles. The van der Waals surface area contributed by atoms with Gasteiger partial charge in [-0.15, -0.1) is 0 Å². The van der Waals surface area contributed by atoms with Crippen molar-refractivity contribution in [2.75, 3.05) is 32.1 Å². The first kappa shape index (κ1) is 16.9. The van der Waals surface area contributed by atoms with Gasteiger partial charge in [0.15, 0.2) is 9.84 Å². The van der Waals surface area contributed by atoms with E-state index in [9.17, 15) is 8.42 Å². The van der Waals surface area contributed by atoms with Crippen molar-refractivity contribution in [2.45, 2.75) is 38.5 Å².